The van der Waals surface area contributed by atoms with Crippen LogP contribution in [0, 0.1) is 12.8 Å². The SMILES string of the molecule is Cc1ccc(-c2cc(N)c(=O)n(CC(=O)NC3CCC(C)CC3)n2)s1. The number of carbonyl (C=O) groups is 1. The quantitative estimate of drug-likeness (QED) is 0.877. The number of aromatic nitrogens is 2. The molecule has 1 amide bonds. The molecule has 0 spiro atoms. The Hall–Kier alpha value is -2.15. The van der Waals surface area contributed by atoms with Gasteiger partial charge in [-0.3, -0.25) is 9.59 Å². The molecule has 0 aromatic carbocycles. The van der Waals surface area contributed by atoms with E-state index in [9.17, 15) is 9.59 Å². The third-order valence-electron chi connectivity index (χ3n) is 4.67. The van der Waals surface area contributed by atoms with Gasteiger partial charge in [-0.05, 0) is 56.7 Å². The van der Waals surface area contributed by atoms with Crippen LogP contribution in [0.15, 0.2) is 23.0 Å². The molecule has 134 valence electrons. The average Bonchev–Trinajstić information content (AvgIpc) is 3.00. The number of nitrogens with zero attached hydrogens (tertiary/aromatic N) is 2. The largest absolute Gasteiger partial charge is 0.394 e. The molecule has 3 N–H and O–H groups in total. The summed E-state index contributed by atoms with van der Waals surface area (Å²) in [6.45, 7) is 4.14. The van der Waals surface area contributed by atoms with Crippen molar-refractivity contribution < 1.29 is 4.79 Å². The van der Waals surface area contributed by atoms with Gasteiger partial charge in [0, 0.05) is 10.9 Å². The maximum absolute atomic E-state index is 12.3. The Balaban J connectivity index is 1.74. The molecular formula is C18H24N4O2S. The van der Waals surface area contributed by atoms with Crippen LogP contribution in [0.3, 0.4) is 0 Å². The molecule has 1 fully saturated rings. The highest BCUT2D eigenvalue weighted by Gasteiger charge is 2.20. The van der Waals surface area contributed by atoms with Crippen LogP contribution >= 0.6 is 11.3 Å². The number of nitrogen functional groups attached to an aromatic ring is 1. The van der Waals surface area contributed by atoms with E-state index in [1.54, 1.807) is 17.4 Å². The van der Waals surface area contributed by atoms with Crippen molar-refractivity contribution in [3.05, 3.63) is 33.4 Å². The second-order valence-electron chi connectivity index (χ2n) is 6.88. The summed E-state index contributed by atoms with van der Waals surface area (Å²) in [4.78, 5) is 26.6. The average molecular weight is 360 g/mol. The molecule has 2 aromatic heterocycles. The van der Waals surface area contributed by atoms with E-state index in [1.165, 1.54) is 4.68 Å². The van der Waals surface area contributed by atoms with Gasteiger partial charge in [-0.2, -0.15) is 5.10 Å². The maximum Gasteiger partial charge on any atom is 0.290 e. The predicted molar refractivity (Wildman–Crippen MR) is 101 cm³/mol. The van der Waals surface area contributed by atoms with Crippen LogP contribution < -0.4 is 16.6 Å². The first-order valence-electron chi connectivity index (χ1n) is 8.66. The first kappa shape index (κ1) is 17.7. The monoisotopic (exact) mass is 360 g/mol. The molecule has 1 aliphatic carbocycles. The van der Waals surface area contributed by atoms with Crippen molar-refractivity contribution in [1.82, 2.24) is 15.1 Å². The highest BCUT2D eigenvalue weighted by atomic mass is 32.1. The van der Waals surface area contributed by atoms with Gasteiger partial charge >= 0.3 is 0 Å². The first-order chi connectivity index (χ1) is 11.9. The van der Waals surface area contributed by atoms with E-state index in [0.717, 1.165) is 41.4 Å². The highest BCUT2D eigenvalue weighted by molar-refractivity contribution is 7.15. The van der Waals surface area contributed by atoms with Crippen molar-refractivity contribution in [3.63, 3.8) is 0 Å². The predicted octanol–water partition coefficient (Wildman–Crippen LogP) is 2.56. The molecule has 25 heavy (non-hydrogen) atoms. The fourth-order valence-electron chi connectivity index (χ4n) is 3.18. The Morgan fingerprint density at radius 1 is 1.36 bits per heavy atom. The Kier molecular flexibility index (Phi) is 5.22. The molecule has 2 heterocycles. The van der Waals surface area contributed by atoms with E-state index in [-0.39, 0.29) is 24.2 Å². The number of hydrogen-bond acceptors (Lipinski definition) is 5. The molecule has 1 saturated carbocycles. The lowest BCUT2D eigenvalue weighted by atomic mass is 9.87. The minimum Gasteiger partial charge on any atom is -0.394 e. The summed E-state index contributed by atoms with van der Waals surface area (Å²) in [7, 11) is 0. The fourth-order valence-corrected chi connectivity index (χ4v) is 4.00. The van der Waals surface area contributed by atoms with Gasteiger partial charge in [0.15, 0.2) is 0 Å². The summed E-state index contributed by atoms with van der Waals surface area (Å²) in [6, 6.07) is 5.70. The molecule has 0 bridgehead atoms. The number of amides is 1. The van der Waals surface area contributed by atoms with E-state index in [2.05, 4.69) is 17.3 Å². The molecule has 0 atom stereocenters. The Morgan fingerprint density at radius 2 is 2.08 bits per heavy atom. The molecule has 2 aromatic rings. The topological polar surface area (TPSA) is 90.0 Å². The van der Waals surface area contributed by atoms with E-state index in [1.807, 2.05) is 19.1 Å². The maximum atomic E-state index is 12.3. The standard InChI is InChI=1S/C18H24N4O2S/c1-11-3-6-13(7-4-11)20-17(23)10-22-18(24)14(19)9-15(21-22)16-8-5-12(2)25-16/h5,8-9,11,13H,3-4,6-7,10,19H2,1-2H3,(H,20,23). The molecule has 0 saturated heterocycles. The number of nitrogens with one attached hydrogen (secondary N) is 1. The molecule has 3 rings (SSSR count). The van der Waals surface area contributed by atoms with E-state index in [4.69, 9.17) is 5.73 Å². The van der Waals surface area contributed by atoms with Gasteiger partial charge < -0.3 is 11.1 Å². The van der Waals surface area contributed by atoms with Crippen LogP contribution in [0.5, 0.6) is 0 Å². The smallest absolute Gasteiger partial charge is 0.290 e. The van der Waals surface area contributed by atoms with Crippen LogP contribution in [0.25, 0.3) is 10.6 Å². The summed E-state index contributed by atoms with van der Waals surface area (Å²) in [5, 5.41) is 7.36. The zero-order valence-corrected chi connectivity index (χ0v) is 15.4. The van der Waals surface area contributed by atoms with Crippen molar-refractivity contribution in [1.29, 1.82) is 0 Å². The molecule has 0 aliphatic heterocycles. The number of carbonyl (C=O) groups excluding carboxylic acids is 1. The van der Waals surface area contributed by atoms with Gasteiger partial charge in [0.25, 0.3) is 5.56 Å². The van der Waals surface area contributed by atoms with Crippen LogP contribution in [0.2, 0.25) is 0 Å². The minimum absolute atomic E-state index is 0.104. The second kappa shape index (κ2) is 7.39. The molecule has 1 aliphatic rings. The number of nitrogens with two attached hydrogens (primary N) is 1. The summed E-state index contributed by atoms with van der Waals surface area (Å²) in [5.74, 6) is 0.538. The molecule has 0 unspecified atom stereocenters. The first-order valence-corrected chi connectivity index (χ1v) is 9.48. The minimum atomic E-state index is -0.426. The fraction of sp³-hybridized carbons (Fsp3) is 0.500. The number of thiophene rings is 1. The molecular weight excluding hydrogens is 336 g/mol. The van der Waals surface area contributed by atoms with Gasteiger partial charge in [0.05, 0.1) is 4.88 Å². The summed E-state index contributed by atoms with van der Waals surface area (Å²) < 4.78 is 1.17. The highest BCUT2D eigenvalue weighted by Crippen LogP contribution is 2.26. The number of hydrogen-bond donors (Lipinski definition) is 2. The van der Waals surface area contributed by atoms with E-state index < -0.39 is 5.56 Å². The molecule has 6 nitrogen and oxygen atoms in total. The number of aryl methyl sites for hydroxylation is 1. The number of rotatable bonds is 4. The lowest BCUT2D eigenvalue weighted by Gasteiger charge is -2.26. The van der Waals surface area contributed by atoms with E-state index >= 15 is 0 Å². The van der Waals surface area contributed by atoms with Crippen LogP contribution in [0.1, 0.15) is 37.5 Å². The lowest BCUT2D eigenvalue weighted by molar-refractivity contribution is -0.122. The van der Waals surface area contributed by atoms with Gasteiger partial charge in [-0.25, -0.2) is 4.68 Å². The second-order valence-corrected chi connectivity index (χ2v) is 8.17. The summed E-state index contributed by atoms with van der Waals surface area (Å²) in [5.41, 5.74) is 6.14. The summed E-state index contributed by atoms with van der Waals surface area (Å²) in [6.07, 6.45) is 4.24. The Morgan fingerprint density at radius 3 is 2.72 bits per heavy atom. The lowest BCUT2D eigenvalue weighted by Crippen LogP contribution is -2.41. The zero-order chi connectivity index (χ0) is 18.0. The third-order valence-corrected chi connectivity index (χ3v) is 5.69. The van der Waals surface area contributed by atoms with Crippen molar-refractivity contribution in [2.45, 2.75) is 52.1 Å². The normalized spacial score (nSPS) is 20.4. The van der Waals surface area contributed by atoms with Crippen LogP contribution in [-0.2, 0) is 11.3 Å². The summed E-state index contributed by atoms with van der Waals surface area (Å²) >= 11 is 1.58. The van der Waals surface area contributed by atoms with E-state index in [0.29, 0.717) is 5.69 Å². The van der Waals surface area contributed by atoms with Gasteiger partial charge in [-0.1, -0.05) is 6.92 Å². The molecule has 7 heteroatoms. The van der Waals surface area contributed by atoms with Crippen molar-refractivity contribution in [3.8, 4) is 10.6 Å². The van der Waals surface area contributed by atoms with Crippen LogP contribution in [0.4, 0.5) is 5.69 Å². The van der Waals surface area contributed by atoms with Crippen molar-refractivity contribution >= 4 is 22.9 Å². The van der Waals surface area contributed by atoms with Gasteiger partial charge in [0.2, 0.25) is 5.91 Å². The number of anilines is 1. The van der Waals surface area contributed by atoms with Gasteiger partial charge in [-0.15, -0.1) is 11.3 Å². The third kappa shape index (κ3) is 4.28. The van der Waals surface area contributed by atoms with Crippen LogP contribution in [-0.4, -0.2) is 21.7 Å². The Bertz CT molecular complexity index is 819. The van der Waals surface area contributed by atoms with Crippen molar-refractivity contribution in [2.75, 3.05) is 5.73 Å². The van der Waals surface area contributed by atoms with Gasteiger partial charge in [0.1, 0.15) is 17.9 Å². The Labute approximate surface area is 151 Å². The molecule has 0 radical (unpaired) electrons. The zero-order valence-electron chi connectivity index (χ0n) is 14.6. The van der Waals surface area contributed by atoms with Crippen molar-refractivity contribution in [2.24, 2.45) is 5.92 Å².